The van der Waals surface area contributed by atoms with Gasteiger partial charge in [0.15, 0.2) is 0 Å². The van der Waals surface area contributed by atoms with E-state index in [1.165, 1.54) is 16.7 Å². The number of nitrogens with one attached hydrogen (secondary N) is 1. The summed E-state index contributed by atoms with van der Waals surface area (Å²) in [4.78, 5) is 37.7. The largest absolute Gasteiger partial charge is 0.494 e. The third-order valence-corrected chi connectivity index (χ3v) is 5.94. The minimum Gasteiger partial charge on any atom is -0.494 e. The molecule has 3 rings (SSSR count). The van der Waals surface area contributed by atoms with Crippen molar-refractivity contribution in [1.29, 1.82) is 0 Å². The Bertz CT molecular complexity index is 736. The molecule has 2 aliphatic rings. The SMILES string of the molecule is CCOc1cccc(C(=O)N[C@@H]2C(=O)N3[C@@H]2SC(C)(C)[C@@H]3C(=O)O)c1. The first-order chi connectivity index (χ1) is 11.8. The third-order valence-electron chi connectivity index (χ3n) is 4.37. The predicted octanol–water partition coefficient (Wildman–Crippen LogP) is 1.33. The van der Waals surface area contributed by atoms with Crippen LogP contribution in [0.2, 0.25) is 0 Å². The Morgan fingerprint density at radius 3 is 2.76 bits per heavy atom. The minimum atomic E-state index is -1.03. The first-order valence-corrected chi connectivity index (χ1v) is 8.90. The quantitative estimate of drug-likeness (QED) is 0.766. The summed E-state index contributed by atoms with van der Waals surface area (Å²) in [5.74, 6) is -1.18. The van der Waals surface area contributed by atoms with Crippen LogP contribution in [0.5, 0.6) is 5.75 Å². The fourth-order valence-corrected chi connectivity index (χ4v) is 4.89. The van der Waals surface area contributed by atoms with Crippen LogP contribution in [-0.4, -0.2) is 56.6 Å². The molecule has 1 aromatic carbocycles. The van der Waals surface area contributed by atoms with E-state index in [1.807, 2.05) is 6.92 Å². The van der Waals surface area contributed by atoms with Gasteiger partial charge in [-0.1, -0.05) is 6.07 Å². The number of carbonyl (C=O) groups is 3. The summed E-state index contributed by atoms with van der Waals surface area (Å²) in [7, 11) is 0. The number of carboxylic acid groups (broad SMARTS) is 1. The zero-order chi connectivity index (χ0) is 18.4. The number of benzene rings is 1. The summed E-state index contributed by atoms with van der Waals surface area (Å²) in [5, 5.41) is 11.8. The fraction of sp³-hybridized carbons (Fsp3) is 0.471. The second-order valence-corrected chi connectivity index (χ2v) is 8.28. The van der Waals surface area contributed by atoms with Gasteiger partial charge in [-0.25, -0.2) is 4.79 Å². The molecule has 0 unspecified atom stereocenters. The summed E-state index contributed by atoms with van der Waals surface area (Å²) in [6.45, 7) is 5.94. The van der Waals surface area contributed by atoms with E-state index >= 15 is 0 Å². The van der Waals surface area contributed by atoms with Gasteiger partial charge in [-0.3, -0.25) is 9.59 Å². The molecule has 25 heavy (non-hydrogen) atoms. The van der Waals surface area contributed by atoms with Crippen LogP contribution in [0.15, 0.2) is 24.3 Å². The summed E-state index contributed by atoms with van der Waals surface area (Å²) in [5.41, 5.74) is 0.397. The van der Waals surface area contributed by atoms with Gasteiger partial charge in [0.1, 0.15) is 23.2 Å². The van der Waals surface area contributed by atoms with Gasteiger partial charge in [0.25, 0.3) is 5.91 Å². The van der Waals surface area contributed by atoms with Crippen molar-refractivity contribution in [1.82, 2.24) is 10.2 Å². The summed E-state index contributed by atoms with van der Waals surface area (Å²) < 4.78 is 4.77. The zero-order valence-corrected chi connectivity index (χ0v) is 15.0. The highest BCUT2D eigenvalue weighted by atomic mass is 32.2. The molecule has 0 spiro atoms. The number of amides is 2. The topological polar surface area (TPSA) is 95.9 Å². The molecule has 1 aromatic rings. The van der Waals surface area contributed by atoms with E-state index in [2.05, 4.69) is 5.32 Å². The average molecular weight is 364 g/mol. The third kappa shape index (κ3) is 2.95. The van der Waals surface area contributed by atoms with Gasteiger partial charge in [0, 0.05) is 10.3 Å². The van der Waals surface area contributed by atoms with E-state index in [4.69, 9.17) is 4.74 Å². The number of nitrogens with zero attached hydrogens (tertiary/aromatic N) is 1. The van der Waals surface area contributed by atoms with Crippen molar-refractivity contribution in [3.8, 4) is 5.75 Å². The maximum Gasteiger partial charge on any atom is 0.327 e. The standard InChI is InChI=1S/C17H20N2O5S/c1-4-24-10-7-5-6-9(8-10)13(20)18-11-14(21)19-12(16(22)23)17(2,3)25-15(11)19/h5-8,11-12,15H,4H2,1-3H3,(H,18,20)(H,22,23)/t11-,12+,15-/m1/s1. The molecule has 0 aromatic heterocycles. The smallest absolute Gasteiger partial charge is 0.327 e. The number of fused-ring (bicyclic) bond motifs is 1. The Hall–Kier alpha value is -2.22. The molecule has 0 bridgehead atoms. The van der Waals surface area contributed by atoms with Crippen LogP contribution in [0.1, 0.15) is 31.1 Å². The Kier molecular flexibility index (Phi) is 4.40. The summed E-state index contributed by atoms with van der Waals surface area (Å²) in [6, 6.07) is 5.13. The molecule has 0 aliphatic carbocycles. The van der Waals surface area contributed by atoms with Crippen LogP contribution in [0, 0.1) is 0 Å². The Morgan fingerprint density at radius 1 is 1.40 bits per heavy atom. The Balaban J connectivity index is 1.73. The minimum absolute atomic E-state index is 0.357. The lowest BCUT2D eigenvalue weighted by Gasteiger charge is -2.43. The monoisotopic (exact) mass is 364 g/mol. The van der Waals surface area contributed by atoms with Crippen molar-refractivity contribution < 1.29 is 24.2 Å². The van der Waals surface area contributed by atoms with Gasteiger partial charge >= 0.3 is 5.97 Å². The maximum absolute atomic E-state index is 12.5. The Morgan fingerprint density at radius 2 is 2.12 bits per heavy atom. The van der Waals surface area contributed by atoms with Gasteiger partial charge in [-0.05, 0) is 39.0 Å². The molecular weight excluding hydrogens is 344 g/mol. The zero-order valence-electron chi connectivity index (χ0n) is 14.2. The number of hydrogen-bond acceptors (Lipinski definition) is 5. The molecule has 0 radical (unpaired) electrons. The van der Waals surface area contributed by atoms with Crippen LogP contribution >= 0.6 is 11.8 Å². The molecule has 2 N–H and O–H groups in total. The molecule has 8 heteroatoms. The van der Waals surface area contributed by atoms with Crippen molar-refractivity contribution >= 4 is 29.5 Å². The normalized spacial score (nSPS) is 26.6. The first kappa shape index (κ1) is 17.6. The number of carboxylic acids is 1. The van der Waals surface area contributed by atoms with Gasteiger partial charge in [-0.2, -0.15) is 0 Å². The van der Waals surface area contributed by atoms with Crippen LogP contribution in [-0.2, 0) is 9.59 Å². The first-order valence-electron chi connectivity index (χ1n) is 8.03. The lowest BCUT2D eigenvalue weighted by Crippen LogP contribution is -2.70. The Labute approximate surface area is 149 Å². The highest BCUT2D eigenvalue weighted by molar-refractivity contribution is 8.01. The van der Waals surface area contributed by atoms with Gasteiger partial charge in [0.05, 0.1) is 6.61 Å². The van der Waals surface area contributed by atoms with Gasteiger partial charge < -0.3 is 20.1 Å². The summed E-state index contributed by atoms with van der Waals surface area (Å²) >= 11 is 1.40. The molecular formula is C17H20N2O5S. The van der Waals surface area contributed by atoms with Crippen molar-refractivity contribution in [2.75, 3.05) is 6.61 Å². The van der Waals surface area contributed by atoms with Crippen molar-refractivity contribution in [2.45, 2.75) is 43.0 Å². The van der Waals surface area contributed by atoms with E-state index in [9.17, 15) is 19.5 Å². The van der Waals surface area contributed by atoms with Crippen molar-refractivity contribution in [3.63, 3.8) is 0 Å². The van der Waals surface area contributed by atoms with Crippen LogP contribution < -0.4 is 10.1 Å². The lowest BCUT2D eigenvalue weighted by molar-refractivity contribution is -0.159. The lowest BCUT2D eigenvalue weighted by atomic mass is 9.96. The number of ether oxygens (including phenoxy) is 1. The number of thioether (sulfide) groups is 1. The fourth-order valence-electron chi connectivity index (χ4n) is 3.26. The number of carbonyl (C=O) groups excluding carboxylic acids is 2. The van der Waals surface area contributed by atoms with Crippen LogP contribution in [0.4, 0.5) is 0 Å². The molecule has 2 aliphatic heterocycles. The second kappa shape index (κ2) is 6.25. The van der Waals surface area contributed by atoms with E-state index in [1.54, 1.807) is 38.1 Å². The molecule has 2 heterocycles. The molecule has 134 valence electrons. The van der Waals surface area contributed by atoms with E-state index in [0.717, 1.165) is 0 Å². The number of rotatable bonds is 5. The van der Waals surface area contributed by atoms with Gasteiger partial charge in [0.2, 0.25) is 5.91 Å². The molecule has 7 nitrogen and oxygen atoms in total. The van der Waals surface area contributed by atoms with Crippen LogP contribution in [0.25, 0.3) is 0 Å². The predicted molar refractivity (Wildman–Crippen MR) is 92.6 cm³/mol. The highest BCUT2D eigenvalue weighted by Crippen LogP contribution is 2.50. The van der Waals surface area contributed by atoms with E-state index in [0.29, 0.717) is 17.9 Å². The van der Waals surface area contributed by atoms with Crippen molar-refractivity contribution in [2.24, 2.45) is 0 Å². The maximum atomic E-state index is 12.5. The number of β-lactam (4-membered cyclic amide) rings is 1. The molecule has 3 atom stereocenters. The molecule has 0 saturated carbocycles. The number of aliphatic carboxylic acids is 1. The average Bonchev–Trinajstić information content (AvgIpc) is 2.81. The molecule has 2 fully saturated rings. The van der Waals surface area contributed by atoms with Gasteiger partial charge in [-0.15, -0.1) is 11.8 Å². The van der Waals surface area contributed by atoms with E-state index < -0.39 is 22.8 Å². The second-order valence-electron chi connectivity index (χ2n) is 6.51. The number of hydrogen-bond donors (Lipinski definition) is 2. The van der Waals surface area contributed by atoms with Crippen LogP contribution in [0.3, 0.4) is 0 Å². The highest BCUT2D eigenvalue weighted by Gasteiger charge is 2.64. The van der Waals surface area contributed by atoms with E-state index in [-0.39, 0.29) is 17.2 Å². The van der Waals surface area contributed by atoms with Crippen molar-refractivity contribution in [3.05, 3.63) is 29.8 Å². The molecule has 2 saturated heterocycles. The summed E-state index contributed by atoms with van der Waals surface area (Å²) in [6.07, 6.45) is 0. The molecule has 2 amide bonds.